The minimum Gasteiger partial charge on any atom is -0.481 e. The summed E-state index contributed by atoms with van der Waals surface area (Å²) in [5.74, 6) is 0.303. The molecule has 5 atom stereocenters. The average molecular weight is 293 g/mol. The van der Waals surface area contributed by atoms with Crippen LogP contribution in [0.5, 0.6) is 0 Å². The second-order valence-corrected chi connectivity index (χ2v) is 7.94. The fourth-order valence-corrected chi connectivity index (χ4v) is 4.77. The van der Waals surface area contributed by atoms with E-state index in [1.54, 1.807) is 5.57 Å². The van der Waals surface area contributed by atoms with E-state index in [1.165, 1.54) is 19.3 Å². The van der Waals surface area contributed by atoms with Crippen LogP contribution >= 0.6 is 0 Å². The normalized spacial score (nSPS) is 37.8. The van der Waals surface area contributed by atoms with Gasteiger partial charge in [0.2, 0.25) is 0 Å². The van der Waals surface area contributed by atoms with Crippen molar-refractivity contribution in [3.05, 3.63) is 11.6 Å². The number of carbonyl (C=O) groups is 1. The Labute approximate surface area is 129 Å². The first-order chi connectivity index (χ1) is 9.74. The minimum atomic E-state index is -0.649. The maximum absolute atomic E-state index is 11.7. The zero-order valence-corrected chi connectivity index (χ0v) is 14.2. The van der Waals surface area contributed by atoms with Crippen molar-refractivity contribution in [1.29, 1.82) is 0 Å². The molecule has 0 radical (unpaired) electrons. The Morgan fingerprint density at radius 3 is 2.71 bits per heavy atom. The van der Waals surface area contributed by atoms with Crippen molar-refractivity contribution in [3.63, 3.8) is 0 Å². The Balaban J connectivity index is 2.32. The van der Waals surface area contributed by atoms with Crippen LogP contribution in [0.15, 0.2) is 11.6 Å². The highest BCUT2D eigenvalue weighted by atomic mass is 16.4. The van der Waals surface area contributed by atoms with E-state index < -0.39 is 5.97 Å². The average Bonchev–Trinajstić information content (AvgIpc) is 2.35. The molecule has 2 aliphatic carbocycles. The van der Waals surface area contributed by atoms with Gasteiger partial charge in [0.25, 0.3) is 0 Å². The molecule has 1 fully saturated rings. The van der Waals surface area contributed by atoms with Gasteiger partial charge in [0.1, 0.15) is 0 Å². The lowest BCUT2D eigenvalue weighted by atomic mass is 9.57. The molecule has 0 amide bonds. The number of allylic oxidation sites excluding steroid dienone is 2. The van der Waals surface area contributed by atoms with Crippen molar-refractivity contribution in [2.24, 2.45) is 29.1 Å². The fourth-order valence-electron chi connectivity index (χ4n) is 4.77. The summed E-state index contributed by atoms with van der Waals surface area (Å²) in [6, 6.07) is 0. The van der Waals surface area contributed by atoms with Crippen molar-refractivity contribution in [2.45, 2.75) is 46.5 Å². The summed E-state index contributed by atoms with van der Waals surface area (Å²) in [5, 5.41) is 9.66. The van der Waals surface area contributed by atoms with Gasteiger partial charge in [-0.1, -0.05) is 38.8 Å². The van der Waals surface area contributed by atoms with E-state index in [1.807, 2.05) is 19.0 Å². The summed E-state index contributed by atoms with van der Waals surface area (Å²) >= 11 is 0. The van der Waals surface area contributed by atoms with Crippen molar-refractivity contribution in [2.75, 3.05) is 20.6 Å². The standard InChI is InChI=1S/C18H31NO2/c1-12-7-6-8-18(3)10-13(2)14(9-16(12)18)15(17(20)21)11-19(4)5/h9,12-15H,6-8,10-11H2,1-5H3,(H,20,21)/t12-,13+,14-,15?,18+/m0/s1. The highest BCUT2D eigenvalue weighted by Gasteiger charge is 2.44. The lowest BCUT2D eigenvalue weighted by Gasteiger charge is -2.48. The van der Waals surface area contributed by atoms with Crippen LogP contribution in [-0.2, 0) is 4.79 Å². The van der Waals surface area contributed by atoms with Gasteiger partial charge in [0.15, 0.2) is 0 Å². The third-order valence-corrected chi connectivity index (χ3v) is 5.74. The molecule has 0 saturated heterocycles. The first-order valence-corrected chi connectivity index (χ1v) is 8.34. The number of carboxylic acids is 1. The molecule has 0 heterocycles. The molecule has 0 bridgehead atoms. The Morgan fingerprint density at radius 1 is 1.48 bits per heavy atom. The summed E-state index contributed by atoms with van der Waals surface area (Å²) in [4.78, 5) is 13.7. The number of hydrogen-bond acceptors (Lipinski definition) is 2. The number of rotatable bonds is 4. The molecule has 0 aromatic heterocycles. The number of aliphatic carboxylic acids is 1. The molecule has 120 valence electrons. The number of carboxylic acid groups (broad SMARTS) is 1. The number of fused-ring (bicyclic) bond motifs is 1. The lowest BCUT2D eigenvalue weighted by molar-refractivity contribution is -0.144. The predicted molar refractivity (Wildman–Crippen MR) is 86.2 cm³/mol. The van der Waals surface area contributed by atoms with Crippen molar-refractivity contribution >= 4 is 5.97 Å². The molecule has 2 aliphatic rings. The maximum Gasteiger partial charge on any atom is 0.308 e. The molecule has 0 spiro atoms. The van der Waals surface area contributed by atoms with Gasteiger partial charge in [0, 0.05) is 6.54 Å². The molecule has 1 saturated carbocycles. The molecule has 0 aromatic carbocycles. The summed E-state index contributed by atoms with van der Waals surface area (Å²) in [6.45, 7) is 7.58. The van der Waals surface area contributed by atoms with Crippen LogP contribution in [0.25, 0.3) is 0 Å². The monoisotopic (exact) mass is 293 g/mol. The van der Waals surface area contributed by atoms with Gasteiger partial charge in [-0.15, -0.1) is 0 Å². The van der Waals surface area contributed by atoms with Gasteiger partial charge in [0.05, 0.1) is 5.92 Å². The molecule has 0 aromatic rings. The summed E-state index contributed by atoms with van der Waals surface area (Å²) < 4.78 is 0. The van der Waals surface area contributed by atoms with Crippen LogP contribution in [-0.4, -0.2) is 36.6 Å². The second-order valence-electron chi connectivity index (χ2n) is 7.94. The molecule has 2 rings (SSSR count). The Kier molecular flexibility index (Phi) is 4.82. The highest BCUT2D eigenvalue weighted by molar-refractivity contribution is 5.71. The number of nitrogens with zero attached hydrogens (tertiary/aromatic N) is 1. The van der Waals surface area contributed by atoms with E-state index >= 15 is 0 Å². The van der Waals surface area contributed by atoms with Crippen molar-refractivity contribution < 1.29 is 9.90 Å². The SMILES string of the molecule is C[C@@H]1C[C@@]2(C)CCC[C@H](C)C2=C[C@@H]1C(CN(C)C)C(=O)O. The van der Waals surface area contributed by atoms with Gasteiger partial charge in [-0.05, 0) is 56.5 Å². The quantitative estimate of drug-likeness (QED) is 0.804. The molecular formula is C18H31NO2. The van der Waals surface area contributed by atoms with Crippen LogP contribution in [0.1, 0.15) is 46.5 Å². The molecule has 1 N–H and O–H groups in total. The zero-order valence-electron chi connectivity index (χ0n) is 14.2. The van der Waals surface area contributed by atoms with Crippen molar-refractivity contribution in [3.8, 4) is 0 Å². The molecule has 3 heteroatoms. The predicted octanol–water partition coefficient (Wildman–Crippen LogP) is 3.66. The van der Waals surface area contributed by atoms with E-state index in [4.69, 9.17) is 0 Å². The van der Waals surface area contributed by atoms with Gasteiger partial charge in [-0.3, -0.25) is 4.79 Å². The Bertz CT molecular complexity index is 429. The van der Waals surface area contributed by atoms with E-state index in [-0.39, 0.29) is 11.8 Å². The van der Waals surface area contributed by atoms with Crippen LogP contribution < -0.4 is 0 Å². The summed E-state index contributed by atoms with van der Waals surface area (Å²) in [5.41, 5.74) is 1.86. The van der Waals surface area contributed by atoms with Gasteiger partial charge >= 0.3 is 5.97 Å². The van der Waals surface area contributed by atoms with Crippen LogP contribution in [0.4, 0.5) is 0 Å². The molecule has 0 aliphatic heterocycles. The first kappa shape index (κ1) is 16.5. The molecule has 3 nitrogen and oxygen atoms in total. The van der Waals surface area contributed by atoms with E-state index in [9.17, 15) is 9.90 Å². The first-order valence-electron chi connectivity index (χ1n) is 8.34. The van der Waals surface area contributed by atoms with Gasteiger partial charge in [-0.2, -0.15) is 0 Å². The summed E-state index contributed by atoms with van der Waals surface area (Å²) in [6.07, 6.45) is 7.34. The third kappa shape index (κ3) is 3.33. The Morgan fingerprint density at radius 2 is 2.14 bits per heavy atom. The maximum atomic E-state index is 11.7. The van der Waals surface area contributed by atoms with Crippen LogP contribution in [0.3, 0.4) is 0 Å². The summed E-state index contributed by atoms with van der Waals surface area (Å²) in [7, 11) is 3.92. The van der Waals surface area contributed by atoms with Gasteiger partial charge < -0.3 is 10.0 Å². The minimum absolute atomic E-state index is 0.175. The van der Waals surface area contributed by atoms with Crippen LogP contribution in [0.2, 0.25) is 0 Å². The molecule has 21 heavy (non-hydrogen) atoms. The highest BCUT2D eigenvalue weighted by Crippen LogP contribution is 2.53. The molecular weight excluding hydrogens is 262 g/mol. The van der Waals surface area contributed by atoms with Crippen LogP contribution in [0, 0.1) is 29.1 Å². The topological polar surface area (TPSA) is 40.5 Å². The largest absolute Gasteiger partial charge is 0.481 e. The fraction of sp³-hybridized carbons (Fsp3) is 0.833. The number of hydrogen-bond donors (Lipinski definition) is 1. The van der Waals surface area contributed by atoms with Gasteiger partial charge in [-0.25, -0.2) is 0 Å². The Hall–Kier alpha value is -0.830. The second kappa shape index (κ2) is 6.12. The van der Waals surface area contributed by atoms with E-state index in [0.717, 1.165) is 6.42 Å². The van der Waals surface area contributed by atoms with E-state index in [2.05, 4.69) is 26.8 Å². The molecule has 1 unspecified atom stereocenters. The smallest absolute Gasteiger partial charge is 0.308 e. The zero-order chi connectivity index (χ0) is 15.8. The lowest BCUT2D eigenvalue weighted by Crippen LogP contribution is -2.42. The van der Waals surface area contributed by atoms with E-state index in [0.29, 0.717) is 23.8 Å². The van der Waals surface area contributed by atoms with Crippen molar-refractivity contribution in [1.82, 2.24) is 4.90 Å². The third-order valence-electron chi connectivity index (χ3n) is 5.74.